The van der Waals surface area contributed by atoms with Crippen molar-refractivity contribution < 1.29 is 4.74 Å². The molecule has 0 saturated heterocycles. The van der Waals surface area contributed by atoms with E-state index >= 15 is 0 Å². The third-order valence-electron chi connectivity index (χ3n) is 11.7. The van der Waals surface area contributed by atoms with Gasteiger partial charge in [-0.2, -0.15) is 0 Å². The molecule has 1 spiro atoms. The molecule has 57 heavy (non-hydrogen) atoms. The van der Waals surface area contributed by atoms with E-state index in [1.807, 2.05) is 0 Å². The molecule has 0 aromatic heterocycles. The topological polar surface area (TPSA) is 12.5 Å². The molecule has 2 nitrogen and oxygen atoms in total. The first-order chi connectivity index (χ1) is 28.3. The molecule has 0 unspecified atom stereocenters. The van der Waals surface area contributed by atoms with Crippen LogP contribution in [0.3, 0.4) is 0 Å². The van der Waals surface area contributed by atoms with Crippen LogP contribution in [-0.2, 0) is 5.41 Å². The fraction of sp³-hybridized carbons (Fsp3) is 0.0182. The van der Waals surface area contributed by atoms with Gasteiger partial charge >= 0.3 is 0 Å². The lowest BCUT2D eigenvalue weighted by atomic mass is 9.66. The van der Waals surface area contributed by atoms with Crippen LogP contribution in [0.15, 0.2) is 224 Å². The number of hydrogen-bond donors (Lipinski definition) is 0. The van der Waals surface area contributed by atoms with E-state index < -0.39 is 5.41 Å². The Balaban J connectivity index is 1.18. The Morgan fingerprint density at radius 2 is 0.754 bits per heavy atom. The van der Waals surface area contributed by atoms with Crippen LogP contribution < -0.4 is 9.64 Å². The second-order valence-electron chi connectivity index (χ2n) is 14.8. The van der Waals surface area contributed by atoms with E-state index in [4.69, 9.17) is 4.74 Å². The summed E-state index contributed by atoms with van der Waals surface area (Å²) in [6.07, 6.45) is 0. The van der Waals surface area contributed by atoms with E-state index in [1.165, 1.54) is 55.6 Å². The van der Waals surface area contributed by atoms with Gasteiger partial charge in [-0.25, -0.2) is 0 Å². The smallest absolute Gasteiger partial charge is 0.132 e. The van der Waals surface area contributed by atoms with Crippen molar-refractivity contribution >= 4 is 17.1 Å². The van der Waals surface area contributed by atoms with E-state index in [0.29, 0.717) is 0 Å². The zero-order chi connectivity index (χ0) is 37.8. The monoisotopic (exact) mass is 727 g/mol. The predicted octanol–water partition coefficient (Wildman–Crippen LogP) is 14.6. The van der Waals surface area contributed by atoms with Crippen molar-refractivity contribution in [3.63, 3.8) is 0 Å². The Morgan fingerprint density at radius 3 is 1.42 bits per heavy atom. The highest BCUT2D eigenvalue weighted by Gasteiger charge is 2.51. The van der Waals surface area contributed by atoms with Crippen molar-refractivity contribution in [3.05, 3.63) is 247 Å². The van der Waals surface area contributed by atoms with Crippen LogP contribution in [0.4, 0.5) is 17.1 Å². The molecule has 2 heteroatoms. The number of ether oxygens (including phenoxy) is 1. The van der Waals surface area contributed by atoms with Gasteiger partial charge in [0.2, 0.25) is 0 Å². The Morgan fingerprint density at radius 1 is 0.281 bits per heavy atom. The van der Waals surface area contributed by atoms with Gasteiger partial charge in [0.25, 0.3) is 0 Å². The first kappa shape index (κ1) is 33.0. The SMILES string of the molecule is c1ccc(-c2cccc(N(c3ccc(-c4ccccc4)c(-c4ccccc4)c3)c3ccc4c(c3)C3(c5ccccc5Oc5ccccc53)c3ccccc3-4)c2)cc1. The lowest BCUT2D eigenvalue weighted by Crippen LogP contribution is -2.32. The molecule has 0 amide bonds. The fourth-order valence-electron chi connectivity index (χ4n) is 9.28. The third-order valence-corrected chi connectivity index (χ3v) is 11.7. The summed E-state index contributed by atoms with van der Waals surface area (Å²) < 4.78 is 6.66. The standard InChI is InChI=1S/C55H37NO/c1-4-17-38(18-5-1)41-23-16-24-42(35-41)56(43-31-33-45(39-19-6-2-7-20-39)48(36-43)40-21-8-3-9-22-40)44-32-34-47-46-25-10-11-26-49(46)55(52(47)37-44)50-27-12-14-29-53(50)57-54-30-15-13-28-51(54)55/h1-37H. The first-order valence-electron chi connectivity index (χ1n) is 19.6. The maximum absolute atomic E-state index is 6.66. The van der Waals surface area contributed by atoms with Gasteiger partial charge in [0, 0.05) is 28.2 Å². The van der Waals surface area contributed by atoms with E-state index in [9.17, 15) is 0 Å². The molecule has 0 N–H and O–H groups in total. The second-order valence-corrected chi connectivity index (χ2v) is 14.8. The summed E-state index contributed by atoms with van der Waals surface area (Å²) in [5.41, 5.74) is 17.1. The number of hydrogen-bond acceptors (Lipinski definition) is 2. The molecular weight excluding hydrogens is 691 g/mol. The summed E-state index contributed by atoms with van der Waals surface area (Å²) in [4.78, 5) is 2.43. The lowest BCUT2D eigenvalue weighted by molar-refractivity contribution is 0.436. The van der Waals surface area contributed by atoms with Crippen LogP contribution in [0.5, 0.6) is 11.5 Å². The van der Waals surface area contributed by atoms with Gasteiger partial charge in [0.1, 0.15) is 11.5 Å². The molecule has 1 heterocycles. The zero-order valence-corrected chi connectivity index (χ0v) is 31.2. The van der Waals surface area contributed by atoms with Crippen LogP contribution in [0.2, 0.25) is 0 Å². The predicted molar refractivity (Wildman–Crippen MR) is 235 cm³/mol. The molecule has 1 aliphatic heterocycles. The Labute approximate surface area is 333 Å². The maximum atomic E-state index is 6.66. The van der Waals surface area contributed by atoms with Crippen LogP contribution >= 0.6 is 0 Å². The molecular formula is C55H37NO. The third kappa shape index (κ3) is 5.26. The zero-order valence-electron chi connectivity index (χ0n) is 31.2. The highest BCUT2D eigenvalue weighted by Crippen LogP contribution is 2.62. The molecule has 2 aliphatic rings. The Kier molecular flexibility index (Phi) is 7.75. The maximum Gasteiger partial charge on any atom is 0.132 e. The van der Waals surface area contributed by atoms with Gasteiger partial charge in [0.05, 0.1) is 5.41 Å². The summed E-state index contributed by atoms with van der Waals surface area (Å²) in [7, 11) is 0. The highest BCUT2D eigenvalue weighted by atomic mass is 16.5. The Hall–Kier alpha value is -7.42. The molecule has 268 valence electrons. The molecule has 0 bridgehead atoms. The number of para-hydroxylation sites is 2. The number of rotatable bonds is 6. The van der Waals surface area contributed by atoms with Crippen LogP contribution in [0.1, 0.15) is 22.3 Å². The molecule has 0 atom stereocenters. The Bertz CT molecular complexity index is 2890. The lowest BCUT2D eigenvalue weighted by Gasteiger charge is -2.39. The number of benzene rings is 9. The van der Waals surface area contributed by atoms with Crippen molar-refractivity contribution in [2.24, 2.45) is 0 Å². The summed E-state index contributed by atoms with van der Waals surface area (Å²) in [6, 6.07) is 81.1. The number of nitrogens with zero attached hydrogens (tertiary/aromatic N) is 1. The average Bonchev–Trinajstić information content (AvgIpc) is 3.57. The van der Waals surface area contributed by atoms with Gasteiger partial charge in [0.15, 0.2) is 0 Å². The second kappa shape index (κ2) is 13.4. The normalized spacial score (nSPS) is 12.8. The minimum absolute atomic E-state index is 0.572. The highest BCUT2D eigenvalue weighted by molar-refractivity contribution is 5.93. The van der Waals surface area contributed by atoms with Crippen LogP contribution in [0.25, 0.3) is 44.5 Å². The summed E-state index contributed by atoms with van der Waals surface area (Å²) in [6.45, 7) is 0. The quantitative estimate of drug-likeness (QED) is 0.169. The largest absolute Gasteiger partial charge is 0.457 e. The summed E-state index contributed by atoms with van der Waals surface area (Å²) in [5.74, 6) is 1.78. The van der Waals surface area contributed by atoms with E-state index in [-0.39, 0.29) is 0 Å². The molecule has 9 aromatic carbocycles. The van der Waals surface area contributed by atoms with Crippen molar-refractivity contribution in [3.8, 4) is 56.0 Å². The van der Waals surface area contributed by atoms with Crippen molar-refractivity contribution in [1.82, 2.24) is 0 Å². The molecule has 1 aliphatic carbocycles. The van der Waals surface area contributed by atoms with Crippen molar-refractivity contribution in [2.75, 3.05) is 4.90 Å². The minimum atomic E-state index is -0.572. The van der Waals surface area contributed by atoms with Gasteiger partial charge < -0.3 is 9.64 Å². The molecule has 0 radical (unpaired) electrons. The van der Waals surface area contributed by atoms with Crippen LogP contribution in [-0.4, -0.2) is 0 Å². The average molecular weight is 728 g/mol. The summed E-state index contributed by atoms with van der Waals surface area (Å²) >= 11 is 0. The first-order valence-corrected chi connectivity index (χ1v) is 19.6. The fourth-order valence-corrected chi connectivity index (χ4v) is 9.28. The molecule has 9 aromatic rings. The minimum Gasteiger partial charge on any atom is -0.457 e. The van der Waals surface area contributed by atoms with E-state index in [2.05, 4.69) is 229 Å². The summed E-state index contributed by atoms with van der Waals surface area (Å²) in [5, 5.41) is 0. The molecule has 11 rings (SSSR count). The molecule has 0 fully saturated rings. The number of fused-ring (bicyclic) bond motifs is 9. The van der Waals surface area contributed by atoms with Gasteiger partial charge in [-0.3, -0.25) is 0 Å². The van der Waals surface area contributed by atoms with Gasteiger partial charge in [-0.1, -0.05) is 176 Å². The number of anilines is 3. The van der Waals surface area contributed by atoms with Gasteiger partial charge in [-0.05, 0) is 104 Å². The van der Waals surface area contributed by atoms with Crippen LogP contribution in [0, 0.1) is 0 Å². The van der Waals surface area contributed by atoms with E-state index in [0.717, 1.165) is 39.7 Å². The van der Waals surface area contributed by atoms with Crippen molar-refractivity contribution in [1.29, 1.82) is 0 Å². The van der Waals surface area contributed by atoms with E-state index in [1.54, 1.807) is 0 Å². The van der Waals surface area contributed by atoms with Crippen molar-refractivity contribution in [2.45, 2.75) is 5.41 Å². The van der Waals surface area contributed by atoms with Gasteiger partial charge in [-0.15, -0.1) is 0 Å². The molecule has 0 saturated carbocycles.